The van der Waals surface area contributed by atoms with Crippen LogP contribution in [-0.4, -0.2) is 16.1 Å². The maximum Gasteiger partial charge on any atom is 0.303 e. The Bertz CT molecular complexity index is 593. The van der Waals surface area contributed by atoms with Gasteiger partial charge in [0.25, 0.3) is 0 Å². The molecule has 0 spiro atoms. The van der Waals surface area contributed by atoms with E-state index >= 15 is 0 Å². The Labute approximate surface area is 112 Å². The van der Waals surface area contributed by atoms with Crippen molar-refractivity contribution in [1.29, 1.82) is 0 Å². The zero-order valence-corrected chi connectivity index (χ0v) is 11.6. The number of fused-ring (bicyclic) bond motifs is 1. The fraction of sp³-hybridized carbons (Fsp3) is 0.467. The molecule has 0 bridgehead atoms. The van der Waals surface area contributed by atoms with Crippen LogP contribution in [0.1, 0.15) is 45.1 Å². The summed E-state index contributed by atoms with van der Waals surface area (Å²) in [5.74, 6) is -0.173. The minimum Gasteiger partial charge on any atom is -0.481 e. The van der Waals surface area contributed by atoms with E-state index in [9.17, 15) is 4.79 Å². The number of nitrogens with zero attached hydrogens (tertiary/aromatic N) is 1. The summed E-state index contributed by atoms with van der Waals surface area (Å²) in [6.07, 6.45) is 1.26. The zero-order valence-electron chi connectivity index (χ0n) is 11.6. The molecule has 0 saturated heterocycles. The van der Waals surface area contributed by atoms with Gasteiger partial charge in [0.1, 0.15) is 5.52 Å². The van der Waals surface area contributed by atoms with E-state index in [0.717, 1.165) is 11.1 Å². The SMILES string of the molecule is CC(C)(C)c1ccc2oc(CCCC(=O)O)nc2c1. The van der Waals surface area contributed by atoms with Gasteiger partial charge < -0.3 is 9.52 Å². The smallest absolute Gasteiger partial charge is 0.303 e. The van der Waals surface area contributed by atoms with Crippen molar-refractivity contribution in [3.63, 3.8) is 0 Å². The Morgan fingerprint density at radius 3 is 2.74 bits per heavy atom. The minimum absolute atomic E-state index is 0.0800. The molecular weight excluding hydrogens is 242 g/mol. The summed E-state index contributed by atoms with van der Waals surface area (Å²) < 4.78 is 5.61. The first-order valence-corrected chi connectivity index (χ1v) is 6.48. The molecule has 19 heavy (non-hydrogen) atoms. The number of aryl methyl sites for hydroxylation is 1. The maximum atomic E-state index is 10.5. The van der Waals surface area contributed by atoms with Gasteiger partial charge in [0, 0.05) is 12.8 Å². The summed E-state index contributed by atoms with van der Waals surface area (Å²) in [6.45, 7) is 6.46. The highest BCUT2D eigenvalue weighted by Crippen LogP contribution is 2.26. The van der Waals surface area contributed by atoms with Gasteiger partial charge >= 0.3 is 5.97 Å². The van der Waals surface area contributed by atoms with Crippen molar-refractivity contribution in [3.8, 4) is 0 Å². The second-order valence-corrected chi connectivity index (χ2v) is 5.79. The van der Waals surface area contributed by atoms with E-state index in [4.69, 9.17) is 9.52 Å². The Morgan fingerprint density at radius 1 is 1.37 bits per heavy atom. The molecule has 0 unspecified atom stereocenters. The molecule has 0 aliphatic carbocycles. The molecule has 0 fully saturated rings. The summed E-state index contributed by atoms with van der Waals surface area (Å²) in [5, 5.41) is 8.61. The van der Waals surface area contributed by atoms with Crippen LogP contribution in [-0.2, 0) is 16.6 Å². The second-order valence-electron chi connectivity index (χ2n) is 5.79. The number of aromatic nitrogens is 1. The van der Waals surface area contributed by atoms with Crippen LogP contribution in [0.25, 0.3) is 11.1 Å². The van der Waals surface area contributed by atoms with Gasteiger partial charge in [-0.05, 0) is 29.5 Å². The predicted octanol–water partition coefficient (Wildman–Crippen LogP) is 3.53. The summed E-state index contributed by atoms with van der Waals surface area (Å²) in [6, 6.07) is 6.03. The van der Waals surface area contributed by atoms with E-state index in [1.165, 1.54) is 5.56 Å². The third-order valence-corrected chi connectivity index (χ3v) is 3.08. The van der Waals surface area contributed by atoms with Gasteiger partial charge in [-0.15, -0.1) is 0 Å². The Morgan fingerprint density at radius 2 is 2.11 bits per heavy atom. The number of rotatable bonds is 4. The monoisotopic (exact) mass is 261 g/mol. The number of carbonyl (C=O) groups is 1. The number of aliphatic carboxylic acids is 1. The summed E-state index contributed by atoms with van der Waals surface area (Å²) in [5.41, 5.74) is 2.90. The summed E-state index contributed by atoms with van der Waals surface area (Å²) in [7, 11) is 0. The third-order valence-electron chi connectivity index (χ3n) is 3.08. The molecule has 2 rings (SSSR count). The summed E-state index contributed by atoms with van der Waals surface area (Å²) in [4.78, 5) is 14.9. The number of oxazole rings is 1. The first-order chi connectivity index (χ1) is 8.86. The Kier molecular flexibility index (Phi) is 3.60. The van der Waals surface area contributed by atoms with Crippen LogP contribution in [0.3, 0.4) is 0 Å². The lowest BCUT2D eigenvalue weighted by atomic mass is 9.87. The number of carboxylic acids is 1. The molecule has 4 heteroatoms. The number of carboxylic acid groups (broad SMARTS) is 1. The van der Waals surface area contributed by atoms with E-state index in [0.29, 0.717) is 18.7 Å². The molecule has 2 aromatic rings. The quantitative estimate of drug-likeness (QED) is 0.914. The van der Waals surface area contributed by atoms with E-state index < -0.39 is 5.97 Å². The molecule has 0 saturated carbocycles. The fourth-order valence-corrected chi connectivity index (χ4v) is 1.94. The molecule has 0 aliphatic rings. The molecule has 0 radical (unpaired) electrons. The van der Waals surface area contributed by atoms with Crippen LogP contribution in [0.5, 0.6) is 0 Å². The van der Waals surface area contributed by atoms with E-state index in [2.05, 4.69) is 31.8 Å². The normalized spacial score (nSPS) is 11.9. The van der Waals surface area contributed by atoms with Crippen LogP contribution < -0.4 is 0 Å². The van der Waals surface area contributed by atoms with Crippen molar-refractivity contribution < 1.29 is 14.3 Å². The fourth-order valence-electron chi connectivity index (χ4n) is 1.94. The van der Waals surface area contributed by atoms with Gasteiger partial charge in [-0.1, -0.05) is 26.8 Å². The van der Waals surface area contributed by atoms with E-state index in [1.807, 2.05) is 12.1 Å². The minimum atomic E-state index is -0.786. The zero-order chi connectivity index (χ0) is 14.0. The Balaban J connectivity index is 2.18. The lowest BCUT2D eigenvalue weighted by molar-refractivity contribution is -0.137. The average Bonchev–Trinajstić information content (AvgIpc) is 2.68. The molecule has 102 valence electrons. The molecule has 0 atom stereocenters. The van der Waals surface area contributed by atoms with Crippen molar-refractivity contribution in [2.45, 2.75) is 45.4 Å². The molecular formula is C15H19NO3. The Hall–Kier alpha value is -1.84. The van der Waals surface area contributed by atoms with Crippen LogP contribution in [0.4, 0.5) is 0 Å². The molecule has 0 aliphatic heterocycles. The average molecular weight is 261 g/mol. The largest absolute Gasteiger partial charge is 0.481 e. The third kappa shape index (κ3) is 3.34. The number of hydrogen-bond acceptors (Lipinski definition) is 3. The maximum absolute atomic E-state index is 10.5. The van der Waals surface area contributed by atoms with Crippen LogP contribution in [0.15, 0.2) is 22.6 Å². The van der Waals surface area contributed by atoms with Gasteiger partial charge in [0.2, 0.25) is 0 Å². The van der Waals surface area contributed by atoms with Crippen molar-refractivity contribution in [2.24, 2.45) is 0 Å². The topological polar surface area (TPSA) is 63.3 Å². The standard InChI is InChI=1S/C15H19NO3/c1-15(2,3)10-7-8-12-11(9-10)16-13(19-12)5-4-6-14(17)18/h7-9H,4-6H2,1-3H3,(H,17,18). The first kappa shape index (κ1) is 13.6. The lowest BCUT2D eigenvalue weighted by Gasteiger charge is -2.18. The van der Waals surface area contributed by atoms with Gasteiger partial charge in [-0.2, -0.15) is 0 Å². The van der Waals surface area contributed by atoms with Crippen molar-refractivity contribution in [3.05, 3.63) is 29.7 Å². The van der Waals surface area contributed by atoms with Crippen molar-refractivity contribution >= 4 is 17.1 Å². The molecule has 1 N–H and O–H groups in total. The molecule has 4 nitrogen and oxygen atoms in total. The highest BCUT2D eigenvalue weighted by Gasteiger charge is 2.15. The van der Waals surface area contributed by atoms with Crippen LogP contribution in [0.2, 0.25) is 0 Å². The van der Waals surface area contributed by atoms with Gasteiger partial charge in [-0.25, -0.2) is 4.98 Å². The molecule has 1 aromatic carbocycles. The van der Waals surface area contributed by atoms with Gasteiger partial charge in [-0.3, -0.25) is 4.79 Å². The van der Waals surface area contributed by atoms with Crippen molar-refractivity contribution in [2.75, 3.05) is 0 Å². The van der Waals surface area contributed by atoms with E-state index in [1.54, 1.807) is 0 Å². The van der Waals surface area contributed by atoms with E-state index in [-0.39, 0.29) is 11.8 Å². The predicted molar refractivity (Wildman–Crippen MR) is 73.3 cm³/mol. The van der Waals surface area contributed by atoms with Crippen LogP contribution >= 0.6 is 0 Å². The molecule has 1 heterocycles. The lowest BCUT2D eigenvalue weighted by Crippen LogP contribution is -2.10. The molecule has 0 amide bonds. The van der Waals surface area contributed by atoms with Gasteiger partial charge in [0.15, 0.2) is 11.5 Å². The van der Waals surface area contributed by atoms with Crippen LogP contribution in [0, 0.1) is 0 Å². The summed E-state index contributed by atoms with van der Waals surface area (Å²) >= 11 is 0. The first-order valence-electron chi connectivity index (χ1n) is 6.48. The number of benzene rings is 1. The highest BCUT2D eigenvalue weighted by molar-refractivity contribution is 5.73. The van der Waals surface area contributed by atoms with Crippen molar-refractivity contribution in [1.82, 2.24) is 4.98 Å². The molecule has 1 aromatic heterocycles. The number of hydrogen-bond donors (Lipinski definition) is 1. The second kappa shape index (κ2) is 5.03. The van der Waals surface area contributed by atoms with Gasteiger partial charge in [0.05, 0.1) is 0 Å². The highest BCUT2D eigenvalue weighted by atomic mass is 16.4.